The predicted molar refractivity (Wildman–Crippen MR) is 52.2 cm³/mol. The molecule has 0 spiro atoms. The van der Waals surface area contributed by atoms with Crippen LogP contribution in [0.25, 0.3) is 0 Å². The molecule has 0 aromatic heterocycles. The molecule has 1 fully saturated rings. The van der Waals surface area contributed by atoms with Crippen LogP contribution in [-0.2, 0) is 19.6 Å². The number of rotatable bonds is 5. The van der Waals surface area contributed by atoms with Gasteiger partial charge in [-0.15, -0.1) is 0 Å². The number of hydrogen-bond acceptors (Lipinski definition) is 4. The van der Waals surface area contributed by atoms with Gasteiger partial charge in [0.05, 0.1) is 19.0 Å². The highest BCUT2D eigenvalue weighted by atomic mass is 32.2. The summed E-state index contributed by atoms with van der Waals surface area (Å²) in [5.41, 5.74) is 0. The molecule has 0 unspecified atom stereocenters. The molecule has 1 aliphatic rings. The van der Waals surface area contributed by atoms with Crippen LogP contribution in [0.15, 0.2) is 0 Å². The molecule has 0 atom stereocenters. The number of hydrogen-bond donors (Lipinski definition) is 0. The summed E-state index contributed by atoms with van der Waals surface area (Å²) in [5, 5.41) is 0. The molecule has 0 bridgehead atoms. The van der Waals surface area contributed by atoms with Crippen molar-refractivity contribution in [1.82, 2.24) is 4.47 Å². The first-order valence-electron chi connectivity index (χ1n) is 4.88. The lowest BCUT2D eigenvalue weighted by molar-refractivity contribution is -0.109. The molecule has 0 aliphatic carbocycles. The number of nitrogens with zero attached hydrogens (tertiary/aromatic N) is 1. The summed E-state index contributed by atoms with van der Waals surface area (Å²) in [5.74, 6) is 0.000833. The van der Waals surface area contributed by atoms with Crippen LogP contribution in [-0.4, -0.2) is 45.0 Å². The van der Waals surface area contributed by atoms with Gasteiger partial charge in [0.1, 0.15) is 0 Å². The predicted octanol–water partition coefficient (Wildman–Crippen LogP) is 0.380. The van der Waals surface area contributed by atoms with Crippen molar-refractivity contribution < 1.29 is 18.0 Å². The second-order valence-corrected chi connectivity index (χ2v) is 5.06. The molecule has 0 radical (unpaired) electrons. The minimum Gasteiger partial charge on any atom is -0.381 e. The Kier molecular flexibility index (Phi) is 4.80. The maximum atomic E-state index is 11.6. The van der Waals surface area contributed by atoms with Crippen LogP contribution in [0.3, 0.4) is 0 Å². The van der Waals surface area contributed by atoms with E-state index in [-0.39, 0.29) is 12.4 Å². The van der Waals surface area contributed by atoms with Crippen LogP contribution in [0.2, 0.25) is 0 Å². The van der Waals surface area contributed by atoms with Gasteiger partial charge < -0.3 is 4.74 Å². The number of sulfonamides is 1. The number of ether oxygens (including phenoxy) is 1. The summed E-state index contributed by atoms with van der Waals surface area (Å²) in [6.07, 6.45) is 1.80. The van der Waals surface area contributed by atoms with E-state index in [1.54, 1.807) is 0 Å². The van der Waals surface area contributed by atoms with Crippen LogP contribution in [0, 0.1) is 0 Å². The van der Waals surface area contributed by atoms with Crippen molar-refractivity contribution >= 4 is 10.0 Å². The molecule has 6 heteroatoms. The topological polar surface area (TPSA) is 55.8 Å². The maximum absolute atomic E-state index is 11.6. The summed E-state index contributed by atoms with van der Waals surface area (Å²) in [7, 11) is -3.27. The van der Waals surface area contributed by atoms with Crippen molar-refractivity contribution in [1.29, 1.82) is 0 Å². The Hall–Kier alpha value is -0.170. The Labute approximate surface area is 85.0 Å². The van der Waals surface area contributed by atoms with E-state index < -0.39 is 10.0 Å². The molecule has 1 saturated heterocycles. The fourth-order valence-electron chi connectivity index (χ4n) is 1.20. The zero-order valence-electron chi connectivity index (χ0n) is 8.44. The van der Waals surface area contributed by atoms with Gasteiger partial charge in [0.2, 0.25) is 10.0 Å². The molecule has 84 valence electrons. The molecule has 5 nitrogen and oxygen atoms in total. The van der Waals surface area contributed by atoms with Crippen molar-refractivity contribution in [3.05, 3.63) is 0 Å². The Bertz CT molecular complexity index is 246. The lowest BCUT2D eigenvalue weighted by Gasteiger charge is -2.25. The Morgan fingerprint density at radius 3 is 2.79 bits per heavy atom. The van der Waals surface area contributed by atoms with Crippen molar-refractivity contribution in [2.75, 3.05) is 32.1 Å². The van der Waals surface area contributed by atoms with Gasteiger partial charge in [-0.2, -0.15) is 0 Å². The summed E-state index contributed by atoms with van der Waals surface area (Å²) in [6, 6.07) is 0. The number of hydroxylamine groups is 1. The van der Waals surface area contributed by atoms with Crippen molar-refractivity contribution in [3.8, 4) is 0 Å². The van der Waals surface area contributed by atoms with Crippen LogP contribution >= 0.6 is 0 Å². The van der Waals surface area contributed by atoms with E-state index in [1.807, 2.05) is 6.92 Å². The van der Waals surface area contributed by atoms with Crippen LogP contribution in [0.5, 0.6) is 0 Å². The summed E-state index contributed by atoms with van der Waals surface area (Å²) < 4.78 is 29.3. The molecule has 1 aliphatic heterocycles. The molecule has 14 heavy (non-hydrogen) atoms. The highest BCUT2D eigenvalue weighted by Crippen LogP contribution is 2.11. The first-order chi connectivity index (χ1) is 6.67. The fourth-order valence-corrected chi connectivity index (χ4v) is 2.38. The van der Waals surface area contributed by atoms with Gasteiger partial charge in [-0.1, -0.05) is 4.47 Å². The fraction of sp³-hybridized carbons (Fsp3) is 1.00. The largest absolute Gasteiger partial charge is 0.381 e. The zero-order chi connectivity index (χ0) is 10.4. The minimum absolute atomic E-state index is 0.000833. The molecular formula is C8H17NO4S. The van der Waals surface area contributed by atoms with Gasteiger partial charge in [-0.25, -0.2) is 8.42 Å². The zero-order valence-corrected chi connectivity index (χ0v) is 9.25. The first kappa shape index (κ1) is 11.9. The molecule has 1 rings (SSSR count). The molecule has 1 heterocycles. The van der Waals surface area contributed by atoms with Crippen molar-refractivity contribution in [3.63, 3.8) is 0 Å². The minimum atomic E-state index is -3.27. The van der Waals surface area contributed by atoms with Crippen LogP contribution in [0.1, 0.15) is 19.8 Å². The molecule has 0 aromatic rings. The lowest BCUT2D eigenvalue weighted by Crippen LogP contribution is -2.38. The summed E-state index contributed by atoms with van der Waals surface area (Å²) in [6.45, 7) is 3.57. The molecule has 0 saturated carbocycles. The van der Waals surface area contributed by atoms with E-state index in [2.05, 4.69) is 0 Å². The van der Waals surface area contributed by atoms with Crippen molar-refractivity contribution in [2.24, 2.45) is 0 Å². The summed E-state index contributed by atoms with van der Waals surface area (Å²) in [4.78, 5) is 5.06. The lowest BCUT2D eigenvalue weighted by atomic mass is 10.3. The normalized spacial score (nSPS) is 19.8. The monoisotopic (exact) mass is 223 g/mol. The van der Waals surface area contributed by atoms with Crippen LogP contribution in [0.4, 0.5) is 0 Å². The van der Waals surface area contributed by atoms with Gasteiger partial charge >= 0.3 is 0 Å². The van der Waals surface area contributed by atoms with E-state index in [9.17, 15) is 8.42 Å². The second-order valence-electron chi connectivity index (χ2n) is 3.08. The van der Waals surface area contributed by atoms with Crippen LogP contribution < -0.4 is 0 Å². The Balaban J connectivity index is 2.38. The van der Waals surface area contributed by atoms with Gasteiger partial charge in [-0.05, 0) is 19.8 Å². The van der Waals surface area contributed by atoms with E-state index in [1.165, 1.54) is 0 Å². The molecule has 0 N–H and O–H groups in total. The average molecular weight is 223 g/mol. The SMILES string of the molecule is CCOCCS(=O)(=O)N1CCCCO1. The van der Waals surface area contributed by atoms with Crippen molar-refractivity contribution in [2.45, 2.75) is 19.8 Å². The smallest absolute Gasteiger partial charge is 0.238 e. The average Bonchev–Trinajstić information content (AvgIpc) is 2.19. The highest BCUT2D eigenvalue weighted by molar-refractivity contribution is 7.88. The Morgan fingerprint density at radius 1 is 1.43 bits per heavy atom. The first-order valence-corrected chi connectivity index (χ1v) is 6.49. The van der Waals surface area contributed by atoms with Gasteiger partial charge in [0.15, 0.2) is 0 Å². The van der Waals surface area contributed by atoms with E-state index >= 15 is 0 Å². The Morgan fingerprint density at radius 2 is 2.21 bits per heavy atom. The molecule has 0 amide bonds. The second kappa shape index (κ2) is 5.65. The maximum Gasteiger partial charge on any atom is 0.238 e. The highest BCUT2D eigenvalue weighted by Gasteiger charge is 2.24. The third kappa shape index (κ3) is 3.53. The van der Waals surface area contributed by atoms with E-state index in [0.29, 0.717) is 19.8 Å². The van der Waals surface area contributed by atoms with Gasteiger partial charge in [0.25, 0.3) is 0 Å². The van der Waals surface area contributed by atoms with E-state index in [4.69, 9.17) is 9.57 Å². The van der Waals surface area contributed by atoms with Gasteiger partial charge in [0, 0.05) is 13.2 Å². The molecule has 0 aromatic carbocycles. The standard InChI is InChI=1S/C8H17NO4S/c1-2-12-7-8-14(10,11)9-5-3-4-6-13-9/h2-8H2,1H3. The van der Waals surface area contributed by atoms with Gasteiger partial charge in [-0.3, -0.25) is 4.84 Å². The summed E-state index contributed by atoms with van der Waals surface area (Å²) >= 11 is 0. The quantitative estimate of drug-likeness (QED) is 0.632. The third-order valence-electron chi connectivity index (χ3n) is 1.97. The molecular weight excluding hydrogens is 206 g/mol. The van der Waals surface area contributed by atoms with E-state index in [0.717, 1.165) is 17.3 Å². The third-order valence-corrected chi connectivity index (χ3v) is 3.56.